The van der Waals surface area contributed by atoms with Crippen LogP contribution < -0.4 is 5.32 Å². The first-order valence-corrected chi connectivity index (χ1v) is 9.13. The molecule has 1 N–H and O–H groups in total. The summed E-state index contributed by atoms with van der Waals surface area (Å²) in [6.07, 6.45) is -3.78. The van der Waals surface area contributed by atoms with E-state index in [0.29, 0.717) is 17.8 Å². The van der Waals surface area contributed by atoms with E-state index in [1.54, 1.807) is 24.3 Å². The molecule has 0 aliphatic heterocycles. The number of alkyl halides is 4. The molecule has 0 bridgehead atoms. The molecule has 158 valence electrons. The summed E-state index contributed by atoms with van der Waals surface area (Å²) in [5.41, 5.74) is 1.78. The third kappa shape index (κ3) is 6.54. The van der Waals surface area contributed by atoms with Crippen molar-refractivity contribution in [1.82, 2.24) is 4.90 Å². The molecule has 0 aliphatic carbocycles. The van der Waals surface area contributed by atoms with E-state index in [1.165, 1.54) is 0 Å². The third-order valence-electron chi connectivity index (χ3n) is 4.38. The second kappa shape index (κ2) is 10.4. The molecule has 2 aromatic rings. The summed E-state index contributed by atoms with van der Waals surface area (Å²) in [5.74, 6) is -4.44. The molecule has 0 aromatic heterocycles. The zero-order valence-corrected chi connectivity index (χ0v) is 16.2. The highest BCUT2D eigenvalue weighted by molar-refractivity contribution is 5.95. The molecular weight excluding hydrogens is 388 g/mol. The highest BCUT2D eigenvalue weighted by Gasteiger charge is 2.40. The zero-order valence-electron chi connectivity index (χ0n) is 16.2. The standard InChI is InChI=1S/C21H24F4N2O2/c1-3-27(2)18(16-9-5-4-6-10-16)19(28)26-17-11-7-8-15(12-17)13-29-14-21(24,25)20(22)23/h4-12,18,20H,3,13-14H2,1-2H3,(H,26,28). The fourth-order valence-corrected chi connectivity index (χ4v) is 2.74. The van der Waals surface area contributed by atoms with Crippen molar-refractivity contribution in [2.75, 3.05) is 25.5 Å². The monoisotopic (exact) mass is 412 g/mol. The Balaban J connectivity index is 2.05. The van der Waals surface area contributed by atoms with Gasteiger partial charge in [0.1, 0.15) is 12.6 Å². The molecule has 0 radical (unpaired) electrons. The summed E-state index contributed by atoms with van der Waals surface area (Å²) in [6, 6.07) is 15.2. The van der Waals surface area contributed by atoms with E-state index >= 15 is 0 Å². The number of hydrogen-bond donors (Lipinski definition) is 1. The van der Waals surface area contributed by atoms with Gasteiger partial charge in [-0.1, -0.05) is 49.4 Å². The van der Waals surface area contributed by atoms with Gasteiger partial charge in [-0.15, -0.1) is 0 Å². The van der Waals surface area contributed by atoms with Crippen molar-refractivity contribution in [2.24, 2.45) is 0 Å². The van der Waals surface area contributed by atoms with Crippen LogP contribution in [0.2, 0.25) is 0 Å². The summed E-state index contributed by atoms with van der Waals surface area (Å²) < 4.78 is 54.9. The molecule has 0 heterocycles. The summed E-state index contributed by atoms with van der Waals surface area (Å²) in [4.78, 5) is 14.8. The van der Waals surface area contributed by atoms with Crippen LogP contribution in [0.3, 0.4) is 0 Å². The molecule has 2 aromatic carbocycles. The van der Waals surface area contributed by atoms with Gasteiger partial charge in [0, 0.05) is 5.69 Å². The number of nitrogens with one attached hydrogen (secondary N) is 1. The highest BCUT2D eigenvalue weighted by atomic mass is 19.3. The summed E-state index contributed by atoms with van der Waals surface area (Å²) in [7, 11) is 1.84. The van der Waals surface area contributed by atoms with Crippen molar-refractivity contribution in [3.63, 3.8) is 0 Å². The highest BCUT2D eigenvalue weighted by Crippen LogP contribution is 2.24. The Kier molecular flexibility index (Phi) is 8.16. The number of benzene rings is 2. The molecule has 0 saturated carbocycles. The summed E-state index contributed by atoms with van der Waals surface area (Å²) >= 11 is 0. The van der Waals surface area contributed by atoms with Gasteiger partial charge in [-0.3, -0.25) is 9.69 Å². The molecule has 1 atom stereocenters. The first kappa shape index (κ1) is 22.8. The number of carbonyl (C=O) groups excluding carboxylic acids is 1. The molecule has 0 spiro atoms. The van der Waals surface area contributed by atoms with Crippen LogP contribution >= 0.6 is 0 Å². The van der Waals surface area contributed by atoms with E-state index in [-0.39, 0.29) is 12.5 Å². The predicted molar refractivity (Wildman–Crippen MR) is 103 cm³/mol. The topological polar surface area (TPSA) is 41.6 Å². The average Bonchev–Trinajstić information content (AvgIpc) is 2.69. The lowest BCUT2D eigenvalue weighted by Crippen LogP contribution is -2.34. The van der Waals surface area contributed by atoms with E-state index in [0.717, 1.165) is 5.56 Å². The van der Waals surface area contributed by atoms with Gasteiger partial charge < -0.3 is 10.1 Å². The maximum atomic E-state index is 12.9. The minimum Gasteiger partial charge on any atom is -0.370 e. The van der Waals surface area contributed by atoms with Crippen molar-refractivity contribution >= 4 is 11.6 Å². The lowest BCUT2D eigenvalue weighted by atomic mass is 10.0. The summed E-state index contributed by atoms with van der Waals surface area (Å²) in [5, 5.41) is 2.82. The Morgan fingerprint density at radius 2 is 1.83 bits per heavy atom. The van der Waals surface area contributed by atoms with Gasteiger partial charge in [0.2, 0.25) is 5.91 Å². The molecule has 29 heavy (non-hydrogen) atoms. The van der Waals surface area contributed by atoms with Crippen LogP contribution in [0.1, 0.15) is 24.1 Å². The fourth-order valence-electron chi connectivity index (χ4n) is 2.74. The molecule has 4 nitrogen and oxygen atoms in total. The first-order valence-electron chi connectivity index (χ1n) is 9.13. The van der Waals surface area contributed by atoms with E-state index in [9.17, 15) is 22.4 Å². The van der Waals surface area contributed by atoms with Crippen LogP contribution in [0, 0.1) is 0 Å². The van der Waals surface area contributed by atoms with Crippen LogP contribution in [0.5, 0.6) is 0 Å². The molecule has 8 heteroatoms. The van der Waals surface area contributed by atoms with Gasteiger partial charge in [-0.05, 0) is 36.9 Å². The number of anilines is 1. The number of amides is 1. The van der Waals surface area contributed by atoms with Crippen molar-refractivity contribution in [1.29, 1.82) is 0 Å². The smallest absolute Gasteiger partial charge is 0.330 e. The maximum Gasteiger partial charge on any atom is 0.330 e. The van der Waals surface area contributed by atoms with Crippen LogP contribution in [-0.4, -0.2) is 43.4 Å². The third-order valence-corrected chi connectivity index (χ3v) is 4.38. The van der Waals surface area contributed by atoms with Gasteiger partial charge in [0.15, 0.2) is 0 Å². The van der Waals surface area contributed by atoms with Crippen molar-refractivity contribution < 1.29 is 27.1 Å². The molecule has 0 aliphatic rings. The van der Waals surface area contributed by atoms with Crippen molar-refractivity contribution in [3.05, 3.63) is 65.7 Å². The number of ether oxygens (including phenoxy) is 1. The Morgan fingerprint density at radius 3 is 2.45 bits per heavy atom. The molecule has 0 saturated heterocycles. The number of likely N-dealkylation sites (N-methyl/N-ethyl adjacent to an activating group) is 1. The van der Waals surface area contributed by atoms with Crippen molar-refractivity contribution in [3.8, 4) is 0 Å². The second-order valence-corrected chi connectivity index (χ2v) is 6.63. The van der Waals surface area contributed by atoms with Gasteiger partial charge in [-0.25, -0.2) is 8.78 Å². The number of carbonyl (C=O) groups is 1. The minimum absolute atomic E-state index is 0.247. The average molecular weight is 412 g/mol. The summed E-state index contributed by atoms with van der Waals surface area (Å²) in [6.45, 7) is 0.942. The number of nitrogens with zero attached hydrogens (tertiary/aromatic N) is 1. The van der Waals surface area contributed by atoms with Gasteiger partial charge in [0.25, 0.3) is 0 Å². The SMILES string of the molecule is CCN(C)C(C(=O)Nc1cccc(COCC(F)(F)C(F)F)c1)c1ccccc1. The Labute approximate surface area is 167 Å². The zero-order chi connectivity index (χ0) is 21.4. The van der Waals surface area contributed by atoms with Crippen LogP contribution in [0.15, 0.2) is 54.6 Å². The van der Waals surface area contributed by atoms with E-state index in [4.69, 9.17) is 4.74 Å². The quantitative estimate of drug-likeness (QED) is 0.574. The van der Waals surface area contributed by atoms with Crippen LogP contribution in [0.25, 0.3) is 0 Å². The van der Waals surface area contributed by atoms with Gasteiger partial charge >= 0.3 is 12.3 Å². The molecular formula is C21H24F4N2O2. The predicted octanol–water partition coefficient (Wildman–Crippen LogP) is 4.74. The number of hydrogen-bond acceptors (Lipinski definition) is 3. The Hall–Kier alpha value is -2.45. The first-order chi connectivity index (χ1) is 13.7. The second-order valence-electron chi connectivity index (χ2n) is 6.63. The molecule has 2 rings (SSSR count). The largest absolute Gasteiger partial charge is 0.370 e. The van der Waals surface area contributed by atoms with Gasteiger partial charge in [0.05, 0.1) is 6.61 Å². The fraction of sp³-hybridized carbons (Fsp3) is 0.381. The Morgan fingerprint density at radius 1 is 1.14 bits per heavy atom. The number of rotatable bonds is 10. The van der Waals surface area contributed by atoms with Crippen LogP contribution in [0.4, 0.5) is 23.2 Å². The van der Waals surface area contributed by atoms with E-state index in [1.807, 2.05) is 49.2 Å². The van der Waals surface area contributed by atoms with Gasteiger partial charge in [-0.2, -0.15) is 8.78 Å². The lowest BCUT2D eigenvalue weighted by molar-refractivity contribution is -0.168. The minimum atomic E-state index is -4.19. The lowest BCUT2D eigenvalue weighted by Gasteiger charge is -2.26. The van der Waals surface area contributed by atoms with E-state index in [2.05, 4.69) is 5.32 Å². The maximum absolute atomic E-state index is 12.9. The Bertz CT molecular complexity index is 787. The normalized spacial score (nSPS) is 13.0. The molecule has 1 amide bonds. The van der Waals surface area contributed by atoms with E-state index < -0.39 is 25.0 Å². The van der Waals surface area contributed by atoms with Crippen molar-refractivity contribution in [2.45, 2.75) is 31.9 Å². The number of halogens is 4. The molecule has 0 fully saturated rings. The van der Waals surface area contributed by atoms with Crippen LogP contribution in [-0.2, 0) is 16.1 Å². The molecule has 1 unspecified atom stereocenters.